The number of carbonyl (C=O) groups excluding carboxylic acids is 1. The first-order valence-corrected chi connectivity index (χ1v) is 15.2. The van der Waals surface area contributed by atoms with Crippen LogP contribution in [0.3, 0.4) is 0 Å². The molecular formula is C32H42N6O3. The molecule has 9 heteroatoms. The summed E-state index contributed by atoms with van der Waals surface area (Å²) in [6.45, 7) is 6.72. The number of amides is 1. The molecule has 0 bridgehead atoms. The summed E-state index contributed by atoms with van der Waals surface area (Å²) in [4.78, 5) is 30.2. The minimum Gasteiger partial charge on any atom is -0.479 e. The minimum absolute atomic E-state index is 0.0666. The Bertz CT molecular complexity index is 1320. The van der Waals surface area contributed by atoms with Gasteiger partial charge in [0, 0.05) is 37.3 Å². The molecule has 1 aliphatic carbocycles. The van der Waals surface area contributed by atoms with Crippen molar-refractivity contribution in [1.29, 1.82) is 0 Å². The molecule has 1 saturated carbocycles. The van der Waals surface area contributed by atoms with Crippen molar-refractivity contribution in [2.24, 2.45) is 5.92 Å². The minimum atomic E-state index is -1.13. The first-order valence-electron chi connectivity index (χ1n) is 15.2. The average Bonchev–Trinajstić information content (AvgIpc) is 3.54. The summed E-state index contributed by atoms with van der Waals surface area (Å²) in [6.07, 6.45) is 8.15. The van der Waals surface area contributed by atoms with E-state index in [4.69, 9.17) is 0 Å². The normalized spacial score (nSPS) is 18.7. The number of nitrogens with one attached hydrogen (secondary N) is 1. The predicted octanol–water partition coefficient (Wildman–Crippen LogP) is 6.08. The summed E-state index contributed by atoms with van der Waals surface area (Å²) >= 11 is 0. The first-order chi connectivity index (χ1) is 19.9. The molecular weight excluding hydrogens is 516 g/mol. The Morgan fingerprint density at radius 2 is 1.85 bits per heavy atom. The van der Waals surface area contributed by atoms with Gasteiger partial charge >= 0.3 is 5.97 Å². The van der Waals surface area contributed by atoms with Gasteiger partial charge < -0.3 is 14.9 Å². The van der Waals surface area contributed by atoms with Gasteiger partial charge in [0.2, 0.25) is 11.7 Å². The van der Waals surface area contributed by atoms with E-state index in [1.807, 2.05) is 19.1 Å². The van der Waals surface area contributed by atoms with Crippen LogP contribution in [0.5, 0.6) is 0 Å². The molecule has 2 fully saturated rings. The molecule has 1 amide bonds. The smallest absolute Gasteiger partial charge is 0.329 e. The van der Waals surface area contributed by atoms with Crippen LogP contribution in [0.25, 0.3) is 22.5 Å². The maximum atomic E-state index is 13.4. The maximum Gasteiger partial charge on any atom is 0.329 e. The van der Waals surface area contributed by atoms with E-state index in [1.54, 1.807) is 4.90 Å². The van der Waals surface area contributed by atoms with Crippen molar-refractivity contribution in [1.82, 2.24) is 25.5 Å². The summed E-state index contributed by atoms with van der Waals surface area (Å²) in [6, 6.07) is 14.6. The van der Waals surface area contributed by atoms with Gasteiger partial charge in [-0.2, -0.15) is 5.21 Å². The summed E-state index contributed by atoms with van der Waals surface area (Å²) in [5.74, 6) is 0.246. The van der Waals surface area contributed by atoms with Gasteiger partial charge in [-0.15, -0.1) is 10.2 Å². The Balaban J connectivity index is 1.46. The highest BCUT2D eigenvalue weighted by Gasteiger charge is 2.46. The lowest BCUT2D eigenvalue weighted by molar-refractivity contribution is -0.163. The number of piperidine rings is 1. The molecule has 0 radical (unpaired) electrons. The Kier molecular flexibility index (Phi) is 9.00. The SMILES string of the molecule is CCCCC(=O)N(Cc1ccc(-c2cc(N3CCCC(C)C3)ccc2-c2nn[nH]n2)cc1)C1(C(=O)O)CCCCC1. The number of carboxylic acid groups (broad SMARTS) is 1. The maximum absolute atomic E-state index is 13.4. The zero-order valence-corrected chi connectivity index (χ0v) is 24.3. The molecule has 218 valence electrons. The molecule has 3 aromatic rings. The van der Waals surface area contributed by atoms with Crippen LogP contribution in [0.2, 0.25) is 0 Å². The number of aromatic amines is 1. The number of nitrogens with zero attached hydrogens (tertiary/aromatic N) is 5. The molecule has 41 heavy (non-hydrogen) atoms. The lowest BCUT2D eigenvalue weighted by Gasteiger charge is -2.43. The Labute approximate surface area is 242 Å². The predicted molar refractivity (Wildman–Crippen MR) is 159 cm³/mol. The second-order valence-corrected chi connectivity index (χ2v) is 11.8. The van der Waals surface area contributed by atoms with Crippen LogP contribution < -0.4 is 4.90 Å². The molecule has 1 aliphatic heterocycles. The van der Waals surface area contributed by atoms with Gasteiger partial charge in [0.25, 0.3) is 0 Å². The number of rotatable bonds is 10. The second kappa shape index (κ2) is 12.8. The number of hydrogen-bond acceptors (Lipinski definition) is 6. The molecule has 2 aliphatic rings. The van der Waals surface area contributed by atoms with E-state index in [2.05, 4.69) is 62.8 Å². The molecule has 9 nitrogen and oxygen atoms in total. The largest absolute Gasteiger partial charge is 0.479 e. The fraction of sp³-hybridized carbons (Fsp3) is 0.531. The van der Waals surface area contributed by atoms with Crippen molar-refractivity contribution in [3.8, 4) is 22.5 Å². The number of aromatic nitrogens is 4. The van der Waals surface area contributed by atoms with Crippen LogP contribution in [0.15, 0.2) is 42.5 Å². The topological polar surface area (TPSA) is 115 Å². The van der Waals surface area contributed by atoms with Gasteiger partial charge in [0.05, 0.1) is 0 Å². The second-order valence-electron chi connectivity index (χ2n) is 11.8. The van der Waals surface area contributed by atoms with Crippen LogP contribution in [-0.2, 0) is 16.1 Å². The number of H-pyrrole nitrogens is 1. The van der Waals surface area contributed by atoms with E-state index in [1.165, 1.54) is 18.5 Å². The monoisotopic (exact) mass is 558 g/mol. The lowest BCUT2D eigenvalue weighted by atomic mass is 9.79. The van der Waals surface area contributed by atoms with Crippen molar-refractivity contribution in [3.05, 3.63) is 48.0 Å². The van der Waals surface area contributed by atoms with Gasteiger partial charge in [-0.05, 0) is 78.1 Å². The van der Waals surface area contributed by atoms with E-state index in [9.17, 15) is 14.7 Å². The van der Waals surface area contributed by atoms with E-state index >= 15 is 0 Å². The zero-order valence-electron chi connectivity index (χ0n) is 24.3. The third-order valence-corrected chi connectivity index (χ3v) is 8.86. The van der Waals surface area contributed by atoms with Crippen LogP contribution in [0.1, 0.15) is 83.6 Å². The van der Waals surface area contributed by atoms with Crippen molar-refractivity contribution in [2.75, 3.05) is 18.0 Å². The number of unbranched alkanes of at least 4 members (excludes halogenated alkanes) is 1. The highest BCUT2D eigenvalue weighted by Crippen LogP contribution is 2.38. The quantitative estimate of drug-likeness (QED) is 0.310. The lowest BCUT2D eigenvalue weighted by Crippen LogP contribution is -2.57. The van der Waals surface area contributed by atoms with E-state index < -0.39 is 11.5 Å². The fourth-order valence-electron chi connectivity index (χ4n) is 6.51. The molecule has 2 aromatic carbocycles. The zero-order chi connectivity index (χ0) is 28.8. The van der Waals surface area contributed by atoms with Gasteiger partial charge in [-0.3, -0.25) is 4.79 Å². The van der Waals surface area contributed by atoms with Gasteiger partial charge in [0.15, 0.2) is 0 Å². The number of aliphatic carboxylic acids is 1. The molecule has 1 aromatic heterocycles. The van der Waals surface area contributed by atoms with E-state index in [-0.39, 0.29) is 5.91 Å². The third-order valence-electron chi connectivity index (χ3n) is 8.86. The molecule has 2 heterocycles. The van der Waals surface area contributed by atoms with E-state index in [0.29, 0.717) is 37.5 Å². The summed E-state index contributed by atoms with van der Waals surface area (Å²) in [7, 11) is 0. The molecule has 1 saturated heterocycles. The van der Waals surface area contributed by atoms with Crippen LogP contribution in [0, 0.1) is 5.92 Å². The third kappa shape index (κ3) is 6.29. The number of tetrazole rings is 1. The molecule has 1 unspecified atom stereocenters. The average molecular weight is 559 g/mol. The fourth-order valence-corrected chi connectivity index (χ4v) is 6.51. The Morgan fingerprint density at radius 1 is 1.07 bits per heavy atom. The number of hydrogen-bond donors (Lipinski definition) is 2. The highest BCUT2D eigenvalue weighted by molar-refractivity contribution is 5.87. The standard InChI is InChI=1S/C32H42N6O3/c1-3-4-10-29(39)38(32(31(40)41)17-6-5-7-18-32)22-24-11-13-25(14-12-24)28-20-26(37-19-8-9-23(2)21-37)15-16-27(28)30-33-35-36-34-30/h11-16,20,23H,3-10,17-19,21-22H2,1-2H3,(H,40,41)(H,33,34,35,36). The van der Waals surface area contributed by atoms with Crippen LogP contribution >= 0.6 is 0 Å². The number of anilines is 1. The van der Waals surface area contributed by atoms with Crippen molar-refractivity contribution < 1.29 is 14.7 Å². The number of benzene rings is 2. The van der Waals surface area contributed by atoms with Crippen LogP contribution in [-0.4, -0.2) is 61.1 Å². The van der Waals surface area contributed by atoms with Gasteiger partial charge in [-0.1, -0.05) is 63.8 Å². The molecule has 5 rings (SSSR count). The van der Waals surface area contributed by atoms with Crippen LogP contribution in [0.4, 0.5) is 5.69 Å². The highest BCUT2D eigenvalue weighted by atomic mass is 16.4. The number of carbonyl (C=O) groups is 2. The molecule has 1 atom stereocenters. The van der Waals surface area contributed by atoms with Crippen molar-refractivity contribution in [3.63, 3.8) is 0 Å². The van der Waals surface area contributed by atoms with Gasteiger partial charge in [0.1, 0.15) is 5.54 Å². The number of carboxylic acids is 1. The first kappa shape index (κ1) is 28.8. The Morgan fingerprint density at radius 3 is 2.51 bits per heavy atom. The summed E-state index contributed by atoms with van der Waals surface area (Å²) in [5, 5.41) is 25.2. The molecule has 0 spiro atoms. The summed E-state index contributed by atoms with van der Waals surface area (Å²) in [5.41, 5.74) is 3.88. The summed E-state index contributed by atoms with van der Waals surface area (Å²) < 4.78 is 0. The van der Waals surface area contributed by atoms with Crippen molar-refractivity contribution in [2.45, 2.75) is 90.1 Å². The Hall–Kier alpha value is -3.75. The van der Waals surface area contributed by atoms with E-state index in [0.717, 1.165) is 67.4 Å². The van der Waals surface area contributed by atoms with Crippen molar-refractivity contribution >= 4 is 17.6 Å². The van der Waals surface area contributed by atoms with Gasteiger partial charge in [-0.25, -0.2) is 4.79 Å². The molecule has 2 N–H and O–H groups in total.